The first kappa shape index (κ1) is 30.8. The monoisotopic (exact) mass is 684 g/mol. The largest absolute Gasteiger partial charge is 0.0622 e. The van der Waals surface area contributed by atoms with E-state index in [-0.39, 0.29) is 11.8 Å². The smallest absolute Gasteiger partial charge is 0.0358 e. The molecule has 0 spiro atoms. The van der Waals surface area contributed by atoms with Crippen LogP contribution in [0.15, 0.2) is 206 Å². The van der Waals surface area contributed by atoms with E-state index in [4.69, 9.17) is 0 Å². The van der Waals surface area contributed by atoms with Gasteiger partial charge in [0.1, 0.15) is 0 Å². The van der Waals surface area contributed by atoms with Crippen molar-refractivity contribution in [3.63, 3.8) is 0 Å². The van der Waals surface area contributed by atoms with Gasteiger partial charge in [0, 0.05) is 11.8 Å². The van der Waals surface area contributed by atoms with E-state index in [1.54, 1.807) is 0 Å². The number of fused-ring (bicyclic) bond motifs is 7. The van der Waals surface area contributed by atoms with Gasteiger partial charge in [0.25, 0.3) is 0 Å². The lowest BCUT2D eigenvalue weighted by molar-refractivity contribution is 1.02. The topological polar surface area (TPSA) is 0 Å². The molecule has 0 aromatic heterocycles. The summed E-state index contributed by atoms with van der Waals surface area (Å²) in [5.41, 5.74) is 21.0. The van der Waals surface area contributed by atoms with Crippen LogP contribution in [0.3, 0.4) is 0 Å². The molecule has 0 radical (unpaired) electrons. The Morgan fingerprint density at radius 1 is 0.241 bits per heavy atom. The molecule has 11 rings (SSSR count). The summed E-state index contributed by atoms with van der Waals surface area (Å²) in [7, 11) is 0. The first-order valence-corrected chi connectivity index (χ1v) is 19.0. The average molecular weight is 685 g/mol. The van der Waals surface area contributed by atoms with Crippen molar-refractivity contribution >= 4 is 10.8 Å². The molecule has 9 aromatic rings. The van der Waals surface area contributed by atoms with Gasteiger partial charge in [-0.1, -0.05) is 188 Å². The maximum Gasteiger partial charge on any atom is 0.0358 e. The summed E-state index contributed by atoms with van der Waals surface area (Å²) in [5.74, 6) is 0.348. The molecule has 0 aliphatic heterocycles. The maximum absolute atomic E-state index is 2.44. The maximum atomic E-state index is 2.44. The van der Waals surface area contributed by atoms with Gasteiger partial charge < -0.3 is 0 Å². The van der Waals surface area contributed by atoms with E-state index < -0.39 is 0 Å². The Labute approximate surface area is 316 Å². The van der Waals surface area contributed by atoms with Crippen molar-refractivity contribution in [1.29, 1.82) is 0 Å². The van der Waals surface area contributed by atoms with Crippen molar-refractivity contribution in [1.82, 2.24) is 0 Å². The minimum Gasteiger partial charge on any atom is -0.0622 e. The Kier molecular flexibility index (Phi) is 7.10. The molecule has 0 amide bonds. The van der Waals surface area contributed by atoms with Gasteiger partial charge in [0.15, 0.2) is 0 Å². The zero-order chi connectivity index (χ0) is 35.6. The van der Waals surface area contributed by atoms with Gasteiger partial charge in [0.2, 0.25) is 0 Å². The fourth-order valence-corrected chi connectivity index (χ4v) is 9.37. The lowest BCUT2D eigenvalue weighted by Crippen LogP contribution is -2.01. The second-order valence-electron chi connectivity index (χ2n) is 14.8. The van der Waals surface area contributed by atoms with Crippen LogP contribution in [0.2, 0.25) is 0 Å². The van der Waals surface area contributed by atoms with Crippen molar-refractivity contribution in [3.05, 3.63) is 240 Å². The van der Waals surface area contributed by atoms with E-state index >= 15 is 0 Å². The number of benzene rings is 9. The number of hydrogen-bond donors (Lipinski definition) is 0. The summed E-state index contributed by atoms with van der Waals surface area (Å²) in [6.45, 7) is 0. The molecule has 9 aromatic carbocycles. The van der Waals surface area contributed by atoms with Gasteiger partial charge in [-0.3, -0.25) is 0 Å². The van der Waals surface area contributed by atoms with Crippen molar-refractivity contribution in [2.75, 3.05) is 0 Å². The molecule has 0 saturated carbocycles. The highest BCUT2D eigenvalue weighted by Crippen LogP contribution is 2.52. The highest BCUT2D eigenvalue weighted by Gasteiger charge is 2.33. The summed E-state index contributed by atoms with van der Waals surface area (Å²) >= 11 is 0. The van der Waals surface area contributed by atoms with Crippen LogP contribution in [0, 0.1) is 0 Å². The molecule has 0 N–H and O–H groups in total. The van der Waals surface area contributed by atoms with E-state index in [2.05, 4.69) is 206 Å². The van der Waals surface area contributed by atoms with Crippen LogP contribution < -0.4 is 0 Å². The zero-order valence-corrected chi connectivity index (χ0v) is 29.8. The van der Waals surface area contributed by atoms with Crippen molar-refractivity contribution < 1.29 is 0 Å². The van der Waals surface area contributed by atoms with Gasteiger partial charge in [0.05, 0.1) is 0 Å². The SMILES string of the molecule is c1ccc(-c2cc(-c3ccccc3)cc(C3c4ccccc4-c4cc(-c5ccc6c(c5)-c5ccccc5C6c5cccc6ccccc56)ccc43)c2)cc1. The minimum absolute atomic E-state index is 0.143. The average Bonchev–Trinajstić information content (AvgIpc) is 3.76. The Morgan fingerprint density at radius 3 is 1.33 bits per heavy atom. The van der Waals surface area contributed by atoms with E-state index in [0.29, 0.717) is 0 Å². The van der Waals surface area contributed by atoms with Crippen LogP contribution in [0.4, 0.5) is 0 Å². The van der Waals surface area contributed by atoms with E-state index in [1.165, 1.54) is 99.8 Å². The number of hydrogen-bond acceptors (Lipinski definition) is 0. The predicted molar refractivity (Wildman–Crippen MR) is 226 cm³/mol. The normalized spacial score (nSPS) is 15.0. The molecular formula is C54H36. The summed E-state index contributed by atoms with van der Waals surface area (Å²) in [6.07, 6.45) is 0. The Bertz CT molecular complexity index is 2820. The fourth-order valence-electron chi connectivity index (χ4n) is 9.37. The first-order valence-electron chi connectivity index (χ1n) is 19.0. The molecular weight excluding hydrogens is 649 g/mol. The molecule has 54 heavy (non-hydrogen) atoms. The molecule has 0 fully saturated rings. The van der Waals surface area contributed by atoms with E-state index in [9.17, 15) is 0 Å². The Balaban J connectivity index is 1.04. The molecule has 2 aliphatic carbocycles. The third-order valence-electron chi connectivity index (χ3n) is 11.8. The summed E-state index contributed by atoms with van der Waals surface area (Å²) in [6, 6.07) is 76.7. The fraction of sp³-hybridized carbons (Fsp3) is 0.0370. The lowest BCUT2D eigenvalue weighted by Gasteiger charge is -2.18. The molecule has 0 heterocycles. The molecule has 2 unspecified atom stereocenters. The summed E-state index contributed by atoms with van der Waals surface area (Å²) < 4.78 is 0. The van der Waals surface area contributed by atoms with Crippen molar-refractivity contribution in [2.45, 2.75) is 11.8 Å². The van der Waals surface area contributed by atoms with Gasteiger partial charge in [-0.15, -0.1) is 0 Å². The third kappa shape index (κ3) is 4.91. The summed E-state index contributed by atoms with van der Waals surface area (Å²) in [5, 5.41) is 2.62. The van der Waals surface area contributed by atoms with Crippen LogP contribution in [0.25, 0.3) is 66.4 Å². The quantitative estimate of drug-likeness (QED) is 0.169. The van der Waals surface area contributed by atoms with Gasteiger partial charge >= 0.3 is 0 Å². The van der Waals surface area contributed by atoms with Crippen molar-refractivity contribution in [2.24, 2.45) is 0 Å². The highest BCUT2D eigenvalue weighted by molar-refractivity contribution is 5.92. The molecule has 0 saturated heterocycles. The van der Waals surface area contributed by atoms with Crippen LogP contribution in [0.5, 0.6) is 0 Å². The molecule has 2 aliphatic rings. The van der Waals surface area contributed by atoms with Crippen LogP contribution >= 0.6 is 0 Å². The van der Waals surface area contributed by atoms with E-state index in [0.717, 1.165) is 0 Å². The highest BCUT2D eigenvalue weighted by atomic mass is 14.4. The van der Waals surface area contributed by atoms with Gasteiger partial charge in [-0.2, -0.15) is 0 Å². The molecule has 252 valence electrons. The van der Waals surface area contributed by atoms with Crippen LogP contribution in [-0.2, 0) is 0 Å². The van der Waals surface area contributed by atoms with Crippen molar-refractivity contribution in [3.8, 4) is 55.6 Å². The van der Waals surface area contributed by atoms with Crippen LogP contribution in [0.1, 0.15) is 45.2 Å². The molecule has 0 heteroatoms. The second-order valence-corrected chi connectivity index (χ2v) is 14.8. The Morgan fingerprint density at radius 2 is 0.704 bits per heavy atom. The van der Waals surface area contributed by atoms with Crippen LogP contribution in [-0.4, -0.2) is 0 Å². The third-order valence-corrected chi connectivity index (χ3v) is 11.8. The standard InChI is InChI=1S/C54H36/c1-3-14-35(15-4-1)40-30-41(36-16-5-2-6-17-36)32-42(31-40)53-47-23-11-9-21-44(47)51-33-38(26-28-49(51)53)39-27-29-50-52(34-39)45-22-10-12-24-48(45)54(50)46-25-13-19-37-18-7-8-20-43(37)46/h1-34,53-54H. The zero-order valence-electron chi connectivity index (χ0n) is 29.8. The Hall–Kier alpha value is -6.76. The predicted octanol–water partition coefficient (Wildman–Crippen LogP) is 14.2. The first-order chi connectivity index (χ1) is 26.8. The lowest BCUT2D eigenvalue weighted by atomic mass is 9.85. The van der Waals surface area contributed by atoms with E-state index in [1.807, 2.05) is 0 Å². The second kappa shape index (κ2) is 12.4. The molecule has 0 bridgehead atoms. The summed E-state index contributed by atoms with van der Waals surface area (Å²) in [4.78, 5) is 0. The van der Waals surface area contributed by atoms with Gasteiger partial charge in [-0.25, -0.2) is 0 Å². The minimum atomic E-state index is 0.143. The number of rotatable bonds is 5. The van der Waals surface area contributed by atoms with Gasteiger partial charge in [-0.05, 0) is 118 Å². The molecule has 2 atom stereocenters. The molecule has 0 nitrogen and oxygen atoms in total.